The zero-order chi connectivity index (χ0) is 21.1. The minimum absolute atomic E-state index is 0.0148. The number of nitrogens with zero attached hydrogens (tertiary/aromatic N) is 1. The highest BCUT2D eigenvalue weighted by molar-refractivity contribution is 6.30. The lowest BCUT2D eigenvalue weighted by Gasteiger charge is -2.26. The summed E-state index contributed by atoms with van der Waals surface area (Å²) in [6.07, 6.45) is 4.52. The predicted octanol–water partition coefficient (Wildman–Crippen LogP) is 5.11. The number of hydrogen-bond donors (Lipinski definition) is 1. The molecule has 6 heteroatoms. The average Bonchev–Trinajstić information content (AvgIpc) is 3.35. The van der Waals surface area contributed by atoms with Crippen LogP contribution in [0.5, 0.6) is 0 Å². The van der Waals surface area contributed by atoms with Crippen LogP contribution >= 0.6 is 11.6 Å². The lowest BCUT2D eigenvalue weighted by atomic mass is 9.95. The van der Waals surface area contributed by atoms with E-state index in [0.29, 0.717) is 16.3 Å². The largest absolute Gasteiger partial charge is 0.503 e. The molecule has 0 saturated carbocycles. The molecule has 30 heavy (non-hydrogen) atoms. The molecule has 0 fully saturated rings. The molecule has 1 atom stereocenters. The van der Waals surface area contributed by atoms with Crippen LogP contribution in [0.15, 0.2) is 94.8 Å². The van der Waals surface area contributed by atoms with Gasteiger partial charge in [0.25, 0.3) is 5.91 Å². The summed E-state index contributed by atoms with van der Waals surface area (Å²) in [6.45, 7) is 0.103. The van der Waals surface area contributed by atoms with Gasteiger partial charge in [0.1, 0.15) is 5.76 Å². The monoisotopic (exact) mass is 419 g/mol. The summed E-state index contributed by atoms with van der Waals surface area (Å²) in [7, 11) is 0. The maximum Gasteiger partial charge on any atom is 0.290 e. The van der Waals surface area contributed by atoms with Crippen molar-refractivity contribution in [1.29, 1.82) is 0 Å². The van der Waals surface area contributed by atoms with Crippen LogP contribution in [0.25, 0.3) is 6.08 Å². The first-order chi connectivity index (χ1) is 14.5. The number of furan rings is 1. The Labute approximate surface area is 178 Å². The first-order valence-corrected chi connectivity index (χ1v) is 9.72. The summed E-state index contributed by atoms with van der Waals surface area (Å²) < 4.78 is 5.37. The van der Waals surface area contributed by atoms with Crippen molar-refractivity contribution in [2.45, 2.75) is 12.6 Å². The van der Waals surface area contributed by atoms with Crippen molar-refractivity contribution >= 4 is 29.4 Å². The van der Waals surface area contributed by atoms with E-state index in [1.807, 2.05) is 30.3 Å². The number of amides is 1. The van der Waals surface area contributed by atoms with Crippen LogP contribution in [-0.2, 0) is 16.1 Å². The Balaban J connectivity index is 1.73. The van der Waals surface area contributed by atoms with Gasteiger partial charge in [-0.3, -0.25) is 9.59 Å². The summed E-state index contributed by atoms with van der Waals surface area (Å²) in [5.41, 5.74) is 1.48. The van der Waals surface area contributed by atoms with Crippen molar-refractivity contribution in [2.24, 2.45) is 0 Å². The van der Waals surface area contributed by atoms with Crippen molar-refractivity contribution < 1.29 is 19.1 Å². The fourth-order valence-electron chi connectivity index (χ4n) is 3.49. The highest BCUT2D eigenvalue weighted by Gasteiger charge is 2.43. The first kappa shape index (κ1) is 19.7. The van der Waals surface area contributed by atoms with E-state index < -0.39 is 23.5 Å². The van der Waals surface area contributed by atoms with Crippen molar-refractivity contribution in [3.63, 3.8) is 0 Å². The third-order valence-electron chi connectivity index (χ3n) is 4.87. The van der Waals surface area contributed by atoms with Gasteiger partial charge in [-0.2, -0.15) is 0 Å². The van der Waals surface area contributed by atoms with Gasteiger partial charge in [0.15, 0.2) is 11.5 Å². The number of carbonyl (C=O) groups excluding carboxylic acids is 2. The van der Waals surface area contributed by atoms with Crippen molar-refractivity contribution in [3.05, 3.63) is 112 Å². The van der Waals surface area contributed by atoms with E-state index in [4.69, 9.17) is 16.0 Å². The molecule has 0 aliphatic carbocycles. The fourth-order valence-corrected chi connectivity index (χ4v) is 3.69. The van der Waals surface area contributed by atoms with E-state index in [9.17, 15) is 14.7 Å². The van der Waals surface area contributed by atoms with Gasteiger partial charge in [0.05, 0.1) is 24.4 Å². The van der Waals surface area contributed by atoms with Crippen LogP contribution in [0.1, 0.15) is 22.9 Å². The van der Waals surface area contributed by atoms with E-state index in [0.717, 1.165) is 5.56 Å². The van der Waals surface area contributed by atoms with Gasteiger partial charge in [0, 0.05) is 5.02 Å². The molecule has 0 spiro atoms. The summed E-state index contributed by atoms with van der Waals surface area (Å²) in [6, 6.07) is 18.9. The number of hydrogen-bond acceptors (Lipinski definition) is 4. The van der Waals surface area contributed by atoms with Gasteiger partial charge < -0.3 is 14.4 Å². The molecule has 1 aliphatic rings. The van der Waals surface area contributed by atoms with E-state index in [-0.39, 0.29) is 12.1 Å². The Hall–Kier alpha value is -3.57. The van der Waals surface area contributed by atoms with E-state index in [1.165, 1.54) is 17.2 Å². The average molecular weight is 420 g/mol. The molecule has 0 radical (unpaired) electrons. The van der Waals surface area contributed by atoms with Gasteiger partial charge in [-0.05, 0) is 41.5 Å². The molecule has 1 aliphatic heterocycles. The summed E-state index contributed by atoms with van der Waals surface area (Å²) in [4.78, 5) is 27.3. The Bertz CT molecular complexity index is 1130. The fraction of sp³-hybridized carbons (Fsp3) is 0.0833. The molecule has 0 bridgehead atoms. The molecule has 150 valence electrons. The molecular weight excluding hydrogens is 402 g/mol. The number of aliphatic hydroxyl groups excluding tert-OH is 1. The standard InChI is InChI=1S/C24H18ClNO4/c25-18-9-4-8-17(14-18)22-21(20(27)12-11-16-6-2-1-3-7-16)23(28)24(29)26(22)15-19-10-5-13-30-19/h1-14,22,28H,15H2/b12-11+. The molecular formula is C24H18ClNO4. The summed E-state index contributed by atoms with van der Waals surface area (Å²) in [5, 5.41) is 11.1. The van der Waals surface area contributed by atoms with Crippen LogP contribution in [0, 0.1) is 0 Å². The Morgan fingerprint density at radius 2 is 1.90 bits per heavy atom. The molecule has 1 amide bonds. The van der Waals surface area contributed by atoms with Crippen LogP contribution in [0.2, 0.25) is 5.02 Å². The number of allylic oxidation sites excluding steroid dienone is 1. The number of aliphatic hydroxyl groups is 1. The molecule has 2 heterocycles. The third kappa shape index (κ3) is 3.93. The number of carbonyl (C=O) groups is 2. The second-order valence-electron chi connectivity index (χ2n) is 6.84. The molecule has 4 rings (SSSR count). The lowest BCUT2D eigenvalue weighted by Crippen LogP contribution is -2.30. The number of rotatable bonds is 6. The topological polar surface area (TPSA) is 70.8 Å². The van der Waals surface area contributed by atoms with Crippen LogP contribution in [-0.4, -0.2) is 21.7 Å². The summed E-state index contributed by atoms with van der Waals surface area (Å²) >= 11 is 6.16. The zero-order valence-corrected chi connectivity index (χ0v) is 16.6. The number of benzene rings is 2. The van der Waals surface area contributed by atoms with E-state index >= 15 is 0 Å². The van der Waals surface area contributed by atoms with Crippen LogP contribution in [0.3, 0.4) is 0 Å². The minimum Gasteiger partial charge on any atom is -0.503 e. The highest BCUT2D eigenvalue weighted by atomic mass is 35.5. The lowest BCUT2D eigenvalue weighted by molar-refractivity contribution is -0.130. The maximum atomic E-state index is 13.1. The van der Waals surface area contributed by atoms with Gasteiger partial charge in [0.2, 0.25) is 0 Å². The number of halogens is 1. The molecule has 5 nitrogen and oxygen atoms in total. The SMILES string of the molecule is O=C(/C=C/c1ccccc1)C1=C(O)C(=O)N(Cc2ccco2)C1c1cccc(Cl)c1. The molecule has 0 saturated heterocycles. The predicted molar refractivity (Wildman–Crippen MR) is 114 cm³/mol. The van der Waals surface area contributed by atoms with Gasteiger partial charge in [-0.15, -0.1) is 0 Å². The smallest absolute Gasteiger partial charge is 0.290 e. The molecule has 1 N–H and O–H groups in total. The minimum atomic E-state index is -0.783. The quantitative estimate of drug-likeness (QED) is 0.563. The van der Waals surface area contributed by atoms with Crippen molar-refractivity contribution in [1.82, 2.24) is 4.90 Å². The molecule has 3 aromatic rings. The van der Waals surface area contributed by atoms with Crippen molar-refractivity contribution in [3.8, 4) is 0 Å². The van der Waals surface area contributed by atoms with Crippen LogP contribution in [0.4, 0.5) is 0 Å². The molecule has 1 unspecified atom stereocenters. The second-order valence-corrected chi connectivity index (χ2v) is 7.28. The highest BCUT2D eigenvalue weighted by Crippen LogP contribution is 2.39. The summed E-state index contributed by atoms with van der Waals surface area (Å²) in [5.74, 6) is -1.10. The number of ketones is 1. The van der Waals surface area contributed by atoms with E-state index in [1.54, 1.807) is 42.5 Å². The van der Waals surface area contributed by atoms with Crippen LogP contribution < -0.4 is 0 Å². The normalized spacial score (nSPS) is 16.6. The molecule has 1 aromatic heterocycles. The van der Waals surface area contributed by atoms with Gasteiger partial charge in [-0.1, -0.05) is 60.1 Å². The third-order valence-corrected chi connectivity index (χ3v) is 5.10. The van der Waals surface area contributed by atoms with E-state index in [2.05, 4.69) is 0 Å². The Morgan fingerprint density at radius 1 is 1.10 bits per heavy atom. The first-order valence-electron chi connectivity index (χ1n) is 9.34. The van der Waals surface area contributed by atoms with Gasteiger partial charge in [-0.25, -0.2) is 0 Å². The maximum absolute atomic E-state index is 13.1. The molecule has 2 aromatic carbocycles. The Kier molecular flexibility index (Phi) is 5.55. The Morgan fingerprint density at radius 3 is 2.60 bits per heavy atom. The second kappa shape index (κ2) is 8.43. The van der Waals surface area contributed by atoms with Crippen molar-refractivity contribution in [2.75, 3.05) is 0 Å². The van der Waals surface area contributed by atoms with Gasteiger partial charge >= 0.3 is 0 Å². The zero-order valence-electron chi connectivity index (χ0n) is 15.9.